The molecule has 0 saturated heterocycles. The molecule has 0 amide bonds. The molecule has 3 aromatic rings. The van der Waals surface area contributed by atoms with Gasteiger partial charge in [-0.15, -0.1) is 0 Å². The summed E-state index contributed by atoms with van der Waals surface area (Å²) in [6, 6.07) is 14.1. The highest BCUT2D eigenvalue weighted by molar-refractivity contribution is 7.90. The van der Waals surface area contributed by atoms with Gasteiger partial charge >= 0.3 is 0 Å². The minimum absolute atomic E-state index is 0.287. The van der Waals surface area contributed by atoms with Crippen LogP contribution in [0.1, 0.15) is 11.3 Å². The minimum Gasteiger partial charge on any atom is -0.497 e. The molecule has 0 bridgehead atoms. The van der Waals surface area contributed by atoms with Gasteiger partial charge in [0.25, 0.3) is 10.0 Å². The minimum atomic E-state index is -3.61. The van der Waals surface area contributed by atoms with Crippen molar-refractivity contribution in [3.63, 3.8) is 0 Å². The molecule has 0 aliphatic carbocycles. The summed E-state index contributed by atoms with van der Waals surface area (Å²) in [6.45, 7) is 3.72. The number of ether oxygens (including phenoxy) is 1. The molecular formula is C17H17NO3S. The van der Waals surface area contributed by atoms with Crippen molar-refractivity contribution < 1.29 is 13.2 Å². The van der Waals surface area contributed by atoms with Crippen LogP contribution in [-0.4, -0.2) is 19.5 Å². The van der Waals surface area contributed by atoms with Crippen LogP contribution in [0, 0.1) is 13.8 Å². The second-order valence-corrected chi connectivity index (χ2v) is 7.08. The van der Waals surface area contributed by atoms with E-state index in [0.717, 1.165) is 10.9 Å². The average Bonchev–Trinajstić information content (AvgIpc) is 2.83. The second-order valence-electron chi connectivity index (χ2n) is 5.29. The lowest BCUT2D eigenvalue weighted by Gasteiger charge is -2.10. The standard InChI is InChI=1S/C17H17NO3S/c1-12-4-7-16(8-5-12)22(19,20)18-13(2)10-14-11-15(21-3)6-9-17(14)18/h4-11H,1-3H3. The summed E-state index contributed by atoms with van der Waals surface area (Å²) < 4.78 is 32.4. The largest absolute Gasteiger partial charge is 0.497 e. The average molecular weight is 315 g/mol. The normalized spacial score (nSPS) is 11.8. The lowest BCUT2D eigenvalue weighted by Crippen LogP contribution is -2.14. The summed E-state index contributed by atoms with van der Waals surface area (Å²) in [4.78, 5) is 0.287. The van der Waals surface area contributed by atoms with Gasteiger partial charge in [-0.05, 0) is 50.2 Å². The number of aryl methyl sites for hydroxylation is 2. The highest BCUT2D eigenvalue weighted by Crippen LogP contribution is 2.28. The zero-order chi connectivity index (χ0) is 15.9. The molecule has 0 fully saturated rings. The molecular weight excluding hydrogens is 298 g/mol. The SMILES string of the molecule is COc1ccc2c(c1)cc(C)n2S(=O)(=O)c1ccc(C)cc1. The summed E-state index contributed by atoms with van der Waals surface area (Å²) in [5.74, 6) is 0.706. The number of fused-ring (bicyclic) bond motifs is 1. The van der Waals surface area contributed by atoms with Crippen LogP contribution in [0.2, 0.25) is 0 Å². The number of benzene rings is 2. The molecule has 0 unspecified atom stereocenters. The van der Waals surface area contributed by atoms with Crippen molar-refractivity contribution in [1.82, 2.24) is 3.97 Å². The van der Waals surface area contributed by atoms with E-state index in [-0.39, 0.29) is 4.90 Å². The van der Waals surface area contributed by atoms with Crippen molar-refractivity contribution in [3.05, 3.63) is 59.8 Å². The maximum atomic E-state index is 12.9. The maximum Gasteiger partial charge on any atom is 0.268 e. The summed E-state index contributed by atoms with van der Waals surface area (Å²) >= 11 is 0. The van der Waals surface area contributed by atoms with Crippen LogP contribution in [-0.2, 0) is 10.0 Å². The fourth-order valence-corrected chi connectivity index (χ4v) is 4.12. The van der Waals surface area contributed by atoms with Gasteiger partial charge in [0.15, 0.2) is 0 Å². The zero-order valence-corrected chi connectivity index (χ0v) is 13.5. The molecule has 22 heavy (non-hydrogen) atoms. The van der Waals surface area contributed by atoms with Crippen molar-refractivity contribution in [1.29, 1.82) is 0 Å². The van der Waals surface area contributed by atoms with Crippen LogP contribution in [0.15, 0.2) is 53.4 Å². The van der Waals surface area contributed by atoms with Gasteiger partial charge in [-0.25, -0.2) is 12.4 Å². The lowest BCUT2D eigenvalue weighted by molar-refractivity contribution is 0.415. The third-order valence-corrected chi connectivity index (χ3v) is 5.53. The van der Waals surface area contributed by atoms with E-state index in [1.807, 2.05) is 19.1 Å². The molecule has 0 radical (unpaired) electrons. The number of nitrogens with zero attached hydrogens (tertiary/aromatic N) is 1. The van der Waals surface area contributed by atoms with Gasteiger partial charge in [0.2, 0.25) is 0 Å². The molecule has 0 spiro atoms. The van der Waals surface area contributed by atoms with Gasteiger partial charge in [0, 0.05) is 11.1 Å². The third-order valence-electron chi connectivity index (χ3n) is 3.70. The van der Waals surface area contributed by atoms with Crippen LogP contribution in [0.3, 0.4) is 0 Å². The highest BCUT2D eigenvalue weighted by atomic mass is 32.2. The predicted octanol–water partition coefficient (Wildman–Crippen LogP) is 3.50. The first-order valence-corrected chi connectivity index (χ1v) is 8.36. The Labute approximate surface area is 130 Å². The summed E-state index contributed by atoms with van der Waals surface area (Å²) in [6.07, 6.45) is 0. The maximum absolute atomic E-state index is 12.9. The van der Waals surface area contributed by atoms with E-state index in [0.29, 0.717) is 17.0 Å². The molecule has 0 saturated carbocycles. The predicted molar refractivity (Wildman–Crippen MR) is 87.0 cm³/mol. The van der Waals surface area contributed by atoms with Gasteiger partial charge in [0.05, 0.1) is 17.5 Å². The number of hydrogen-bond acceptors (Lipinski definition) is 3. The van der Waals surface area contributed by atoms with Crippen molar-refractivity contribution in [2.75, 3.05) is 7.11 Å². The van der Waals surface area contributed by atoms with Crippen molar-refractivity contribution in [3.8, 4) is 5.75 Å². The van der Waals surface area contributed by atoms with Gasteiger partial charge in [-0.3, -0.25) is 0 Å². The van der Waals surface area contributed by atoms with Crippen LogP contribution < -0.4 is 4.74 Å². The van der Waals surface area contributed by atoms with Gasteiger partial charge < -0.3 is 4.74 Å². The number of methoxy groups -OCH3 is 1. The zero-order valence-electron chi connectivity index (χ0n) is 12.7. The van der Waals surface area contributed by atoms with E-state index < -0.39 is 10.0 Å². The van der Waals surface area contributed by atoms with Gasteiger partial charge in [-0.1, -0.05) is 17.7 Å². The highest BCUT2D eigenvalue weighted by Gasteiger charge is 2.21. The quantitative estimate of drug-likeness (QED) is 0.743. The first-order valence-electron chi connectivity index (χ1n) is 6.92. The molecule has 0 aliphatic heterocycles. The monoisotopic (exact) mass is 315 g/mol. The van der Waals surface area contributed by atoms with Crippen molar-refractivity contribution in [2.24, 2.45) is 0 Å². The Hall–Kier alpha value is -2.27. The van der Waals surface area contributed by atoms with Crippen LogP contribution in [0.25, 0.3) is 10.9 Å². The van der Waals surface area contributed by atoms with Crippen LogP contribution in [0.4, 0.5) is 0 Å². The van der Waals surface area contributed by atoms with E-state index in [2.05, 4.69) is 0 Å². The molecule has 1 aromatic heterocycles. The lowest BCUT2D eigenvalue weighted by atomic mass is 10.2. The molecule has 3 rings (SSSR count). The van der Waals surface area contributed by atoms with E-state index >= 15 is 0 Å². The molecule has 5 heteroatoms. The topological polar surface area (TPSA) is 48.3 Å². The molecule has 114 valence electrons. The van der Waals surface area contributed by atoms with Crippen molar-refractivity contribution >= 4 is 20.9 Å². The fourth-order valence-electron chi connectivity index (χ4n) is 2.57. The fraction of sp³-hybridized carbons (Fsp3) is 0.176. The summed E-state index contributed by atoms with van der Waals surface area (Å²) in [5, 5.41) is 0.840. The molecule has 4 nitrogen and oxygen atoms in total. The Balaban J connectivity index is 2.24. The van der Waals surface area contributed by atoms with E-state index in [1.54, 1.807) is 50.4 Å². The van der Waals surface area contributed by atoms with E-state index in [4.69, 9.17) is 4.74 Å². The molecule has 1 heterocycles. The Kier molecular flexibility index (Phi) is 3.45. The van der Waals surface area contributed by atoms with E-state index in [1.165, 1.54) is 3.97 Å². The number of aromatic nitrogens is 1. The van der Waals surface area contributed by atoms with Gasteiger partial charge in [0.1, 0.15) is 5.75 Å². The van der Waals surface area contributed by atoms with Crippen molar-refractivity contribution in [2.45, 2.75) is 18.7 Å². The smallest absolute Gasteiger partial charge is 0.268 e. The summed E-state index contributed by atoms with van der Waals surface area (Å²) in [7, 11) is -2.02. The second kappa shape index (κ2) is 5.18. The number of hydrogen-bond donors (Lipinski definition) is 0. The van der Waals surface area contributed by atoms with Crippen LogP contribution >= 0.6 is 0 Å². The third kappa shape index (κ3) is 2.27. The Morgan fingerprint density at radius 1 is 0.955 bits per heavy atom. The molecule has 0 atom stereocenters. The first-order chi connectivity index (χ1) is 10.4. The molecule has 0 aliphatic rings. The van der Waals surface area contributed by atoms with Gasteiger partial charge in [-0.2, -0.15) is 0 Å². The summed E-state index contributed by atoms with van der Waals surface area (Å²) in [5.41, 5.74) is 2.35. The Bertz CT molecular complexity index is 938. The molecule has 2 aromatic carbocycles. The van der Waals surface area contributed by atoms with Crippen LogP contribution in [0.5, 0.6) is 5.75 Å². The first kappa shape index (κ1) is 14.7. The molecule has 0 N–H and O–H groups in total. The number of rotatable bonds is 3. The Morgan fingerprint density at radius 2 is 1.64 bits per heavy atom. The Morgan fingerprint density at radius 3 is 2.27 bits per heavy atom. The van der Waals surface area contributed by atoms with E-state index in [9.17, 15) is 8.42 Å².